The number of fused-ring (bicyclic) bond motifs is 1. The number of hydrogen-bond donors (Lipinski definition) is 2. The number of nitrogens with one attached hydrogen (secondary N) is 2. The molecule has 0 aliphatic rings. The third-order valence-corrected chi connectivity index (χ3v) is 2.90. The van der Waals surface area contributed by atoms with Crippen molar-refractivity contribution in [3.63, 3.8) is 0 Å². The summed E-state index contributed by atoms with van der Waals surface area (Å²) in [6, 6.07) is 8.68. The summed E-state index contributed by atoms with van der Waals surface area (Å²) < 4.78 is 5.13. The molecule has 114 valence electrons. The molecule has 0 aliphatic heterocycles. The van der Waals surface area contributed by atoms with Gasteiger partial charge in [0.05, 0.1) is 0 Å². The van der Waals surface area contributed by atoms with E-state index >= 15 is 0 Å². The molecule has 0 radical (unpaired) electrons. The first kappa shape index (κ1) is 17.2. The summed E-state index contributed by atoms with van der Waals surface area (Å²) in [7, 11) is 0. The second-order valence-electron chi connectivity index (χ2n) is 4.49. The highest BCUT2D eigenvalue weighted by Gasteiger charge is 2.12. The fourth-order valence-electron chi connectivity index (χ4n) is 1.88. The minimum absolute atomic E-state index is 0. The van der Waals surface area contributed by atoms with Gasteiger partial charge in [-0.3, -0.25) is 4.79 Å². The molecule has 2 aromatic rings. The first-order chi connectivity index (χ1) is 9.72. The van der Waals surface area contributed by atoms with Crippen LogP contribution in [0.15, 0.2) is 39.5 Å². The van der Waals surface area contributed by atoms with E-state index in [-0.39, 0.29) is 18.0 Å². The lowest BCUT2D eigenvalue weighted by Gasteiger charge is -2.06. The van der Waals surface area contributed by atoms with Gasteiger partial charge >= 0.3 is 5.63 Å². The normalized spacial score (nSPS) is 10.1. The van der Waals surface area contributed by atoms with Crippen molar-refractivity contribution in [2.24, 2.45) is 0 Å². The average molecular weight is 311 g/mol. The van der Waals surface area contributed by atoms with Gasteiger partial charge in [0, 0.05) is 18.5 Å². The Morgan fingerprint density at radius 2 is 1.95 bits per heavy atom. The second-order valence-corrected chi connectivity index (χ2v) is 4.49. The zero-order chi connectivity index (χ0) is 14.4. The SMILES string of the molecule is CCCNCCNC(=O)c1cc2ccccc2oc1=O.Cl. The molecule has 1 aromatic heterocycles. The molecule has 0 saturated carbocycles. The van der Waals surface area contributed by atoms with Crippen LogP contribution >= 0.6 is 12.4 Å². The molecule has 0 saturated heterocycles. The van der Waals surface area contributed by atoms with E-state index in [4.69, 9.17) is 4.42 Å². The zero-order valence-corrected chi connectivity index (χ0v) is 12.7. The van der Waals surface area contributed by atoms with E-state index in [0.29, 0.717) is 18.7 Å². The van der Waals surface area contributed by atoms with Crippen molar-refractivity contribution in [3.05, 3.63) is 46.3 Å². The molecule has 0 fully saturated rings. The average Bonchev–Trinajstić information content (AvgIpc) is 2.46. The van der Waals surface area contributed by atoms with Gasteiger partial charge < -0.3 is 15.1 Å². The second kappa shape index (κ2) is 8.44. The molecular formula is C15H19ClN2O3. The van der Waals surface area contributed by atoms with Crippen LogP contribution in [-0.2, 0) is 0 Å². The van der Waals surface area contributed by atoms with Crippen molar-refractivity contribution in [3.8, 4) is 0 Å². The van der Waals surface area contributed by atoms with Crippen molar-refractivity contribution < 1.29 is 9.21 Å². The van der Waals surface area contributed by atoms with Crippen LogP contribution in [0.1, 0.15) is 23.7 Å². The van der Waals surface area contributed by atoms with Crippen LogP contribution in [0.3, 0.4) is 0 Å². The van der Waals surface area contributed by atoms with Crippen LogP contribution in [0, 0.1) is 0 Å². The Bertz CT molecular complexity index is 655. The Morgan fingerprint density at radius 3 is 2.71 bits per heavy atom. The molecule has 6 heteroatoms. The summed E-state index contributed by atoms with van der Waals surface area (Å²) in [5.41, 5.74) is -0.0828. The standard InChI is InChI=1S/C15H18N2O3.ClH/c1-2-7-16-8-9-17-14(18)12-10-11-5-3-4-6-13(11)20-15(12)19;/h3-6,10,16H,2,7-9H2,1H3,(H,17,18);1H. The highest BCUT2D eigenvalue weighted by molar-refractivity contribution is 5.96. The molecule has 0 atom stereocenters. The van der Waals surface area contributed by atoms with Crippen molar-refractivity contribution in [1.82, 2.24) is 10.6 Å². The van der Waals surface area contributed by atoms with E-state index in [9.17, 15) is 9.59 Å². The fraction of sp³-hybridized carbons (Fsp3) is 0.333. The third-order valence-electron chi connectivity index (χ3n) is 2.90. The van der Waals surface area contributed by atoms with E-state index in [1.165, 1.54) is 0 Å². The van der Waals surface area contributed by atoms with Gasteiger partial charge in [-0.15, -0.1) is 12.4 Å². The highest BCUT2D eigenvalue weighted by atomic mass is 35.5. The van der Waals surface area contributed by atoms with Gasteiger partial charge in [-0.05, 0) is 25.1 Å². The predicted molar refractivity (Wildman–Crippen MR) is 85.2 cm³/mol. The number of benzene rings is 1. The summed E-state index contributed by atoms with van der Waals surface area (Å²) in [6.07, 6.45) is 1.04. The van der Waals surface area contributed by atoms with Gasteiger partial charge in [0.25, 0.3) is 5.91 Å². The number of carbonyl (C=O) groups is 1. The smallest absolute Gasteiger partial charge is 0.349 e. The molecule has 2 N–H and O–H groups in total. The van der Waals surface area contributed by atoms with Crippen LogP contribution in [0.2, 0.25) is 0 Å². The van der Waals surface area contributed by atoms with E-state index in [1.807, 2.05) is 6.07 Å². The van der Waals surface area contributed by atoms with Gasteiger partial charge in [0.15, 0.2) is 0 Å². The van der Waals surface area contributed by atoms with E-state index in [0.717, 1.165) is 18.4 Å². The summed E-state index contributed by atoms with van der Waals surface area (Å²) >= 11 is 0. The molecule has 0 aliphatic carbocycles. The minimum atomic E-state index is -0.609. The maximum atomic E-state index is 11.9. The third kappa shape index (κ3) is 4.58. The molecule has 2 rings (SSSR count). The summed E-state index contributed by atoms with van der Waals surface area (Å²) in [6.45, 7) is 4.14. The maximum absolute atomic E-state index is 11.9. The first-order valence-electron chi connectivity index (χ1n) is 6.74. The Morgan fingerprint density at radius 1 is 1.19 bits per heavy atom. The molecule has 5 nitrogen and oxygen atoms in total. The van der Waals surface area contributed by atoms with Crippen molar-refractivity contribution >= 4 is 29.3 Å². The molecule has 21 heavy (non-hydrogen) atoms. The van der Waals surface area contributed by atoms with Crippen LogP contribution in [0.5, 0.6) is 0 Å². The Hall–Kier alpha value is -1.85. The number of para-hydroxylation sites is 1. The Balaban J connectivity index is 0.00000220. The van der Waals surface area contributed by atoms with Crippen LogP contribution in [0.25, 0.3) is 11.0 Å². The van der Waals surface area contributed by atoms with Crippen molar-refractivity contribution in [2.75, 3.05) is 19.6 Å². The van der Waals surface area contributed by atoms with Gasteiger partial charge in [0.2, 0.25) is 0 Å². The minimum Gasteiger partial charge on any atom is -0.422 e. The number of carbonyl (C=O) groups excluding carboxylic acids is 1. The molecule has 0 unspecified atom stereocenters. The zero-order valence-electron chi connectivity index (χ0n) is 11.8. The van der Waals surface area contributed by atoms with Gasteiger partial charge in [0.1, 0.15) is 11.1 Å². The summed E-state index contributed by atoms with van der Waals surface area (Å²) in [4.78, 5) is 23.7. The molecular weight excluding hydrogens is 292 g/mol. The Kier molecular flexibility index (Phi) is 6.91. The van der Waals surface area contributed by atoms with E-state index in [1.54, 1.807) is 24.3 Å². The van der Waals surface area contributed by atoms with Crippen molar-refractivity contribution in [1.29, 1.82) is 0 Å². The maximum Gasteiger partial charge on any atom is 0.349 e. The largest absolute Gasteiger partial charge is 0.422 e. The predicted octanol–water partition coefficient (Wildman–Crippen LogP) is 1.94. The molecule has 0 bridgehead atoms. The van der Waals surface area contributed by atoms with Crippen molar-refractivity contribution in [2.45, 2.75) is 13.3 Å². The summed E-state index contributed by atoms with van der Waals surface area (Å²) in [5, 5.41) is 6.61. The summed E-state index contributed by atoms with van der Waals surface area (Å²) in [5.74, 6) is -0.400. The van der Waals surface area contributed by atoms with Crippen LogP contribution in [-0.4, -0.2) is 25.5 Å². The molecule has 1 aromatic carbocycles. The van der Waals surface area contributed by atoms with Crippen LogP contribution in [0.4, 0.5) is 0 Å². The number of rotatable bonds is 6. The number of halogens is 1. The molecule has 0 spiro atoms. The lowest BCUT2D eigenvalue weighted by atomic mass is 10.2. The van der Waals surface area contributed by atoms with Crippen LogP contribution < -0.4 is 16.3 Å². The van der Waals surface area contributed by atoms with E-state index < -0.39 is 11.5 Å². The van der Waals surface area contributed by atoms with E-state index in [2.05, 4.69) is 17.6 Å². The lowest BCUT2D eigenvalue weighted by Crippen LogP contribution is -2.34. The number of amides is 1. The Labute approximate surface area is 129 Å². The first-order valence-corrected chi connectivity index (χ1v) is 6.74. The monoisotopic (exact) mass is 310 g/mol. The fourth-order valence-corrected chi connectivity index (χ4v) is 1.88. The number of hydrogen-bond acceptors (Lipinski definition) is 4. The van der Waals surface area contributed by atoms with Gasteiger partial charge in [-0.1, -0.05) is 25.1 Å². The van der Waals surface area contributed by atoms with Gasteiger partial charge in [-0.2, -0.15) is 0 Å². The lowest BCUT2D eigenvalue weighted by molar-refractivity contribution is 0.0950. The topological polar surface area (TPSA) is 71.3 Å². The molecule has 1 heterocycles. The van der Waals surface area contributed by atoms with Gasteiger partial charge in [-0.25, -0.2) is 4.79 Å². The molecule has 1 amide bonds. The quantitative estimate of drug-likeness (QED) is 0.632. The highest BCUT2D eigenvalue weighted by Crippen LogP contribution is 2.12.